The van der Waals surface area contributed by atoms with E-state index in [0.29, 0.717) is 10.6 Å². The zero-order chi connectivity index (χ0) is 19.5. The van der Waals surface area contributed by atoms with Crippen LogP contribution in [0.1, 0.15) is 15.9 Å². The molecule has 0 aliphatic heterocycles. The van der Waals surface area contributed by atoms with Gasteiger partial charge in [-0.3, -0.25) is 4.79 Å². The number of carbonyl (C=O) groups excluding carboxylic acids is 1. The van der Waals surface area contributed by atoms with Crippen LogP contribution in [-0.4, -0.2) is 11.9 Å². The Morgan fingerprint density at radius 2 is 1.30 bits per heavy atom. The summed E-state index contributed by atoms with van der Waals surface area (Å²) in [5.41, 5.74) is -1.00. The van der Waals surface area contributed by atoms with Crippen molar-refractivity contribution in [2.45, 2.75) is 6.18 Å². The molecule has 6 heteroatoms. The molecular formula is C21H16F3O2P. The maximum Gasteiger partial charge on any atom is 0.416 e. The first-order chi connectivity index (χ1) is 12.8. The Morgan fingerprint density at radius 1 is 0.778 bits per heavy atom. The molecule has 0 heterocycles. The number of carbonyl (C=O) groups is 1. The highest BCUT2D eigenvalue weighted by Gasteiger charge is 2.33. The monoisotopic (exact) mass is 388 g/mol. The second-order valence-electron chi connectivity index (χ2n) is 6.07. The zero-order valence-electron chi connectivity index (χ0n) is 14.2. The minimum Gasteiger partial charge on any atom is -0.313 e. The first kappa shape index (κ1) is 19.1. The molecule has 3 rings (SSSR count). The van der Waals surface area contributed by atoms with Crippen molar-refractivity contribution in [1.82, 2.24) is 0 Å². The summed E-state index contributed by atoms with van der Waals surface area (Å²) in [6.07, 6.45) is -4.92. The predicted octanol–water partition coefficient (Wildman–Crippen LogP) is 4.90. The lowest BCUT2D eigenvalue weighted by atomic mass is 10.1. The zero-order valence-corrected chi connectivity index (χ0v) is 15.1. The van der Waals surface area contributed by atoms with Crippen molar-refractivity contribution >= 4 is 23.5 Å². The van der Waals surface area contributed by atoms with Crippen molar-refractivity contribution < 1.29 is 22.5 Å². The third kappa shape index (κ3) is 4.20. The van der Waals surface area contributed by atoms with Crippen LogP contribution in [0, 0.1) is 0 Å². The summed E-state index contributed by atoms with van der Waals surface area (Å²) >= 11 is 0. The summed E-state index contributed by atoms with van der Waals surface area (Å²) in [4.78, 5) is 12.7. The highest BCUT2D eigenvalue weighted by atomic mass is 31.2. The third-order valence-corrected chi connectivity index (χ3v) is 7.22. The molecule has 0 aliphatic rings. The molecule has 3 aromatic carbocycles. The standard InChI is InChI=1S/C21H16F3O2P/c22-21(23,24)17-9-7-8-16(14-17)20(25)15-27(26,18-10-3-1-4-11-18)19-12-5-2-6-13-19/h1-14H,15H2. The van der Waals surface area contributed by atoms with Gasteiger partial charge in [-0.1, -0.05) is 72.8 Å². The molecule has 3 aromatic rings. The van der Waals surface area contributed by atoms with Gasteiger partial charge in [0.1, 0.15) is 0 Å². The van der Waals surface area contributed by atoms with Crippen LogP contribution in [0.3, 0.4) is 0 Å². The van der Waals surface area contributed by atoms with E-state index in [-0.39, 0.29) is 11.7 Å². The topological polar surface area (TPSA) is 34.1 Å². The number of hydrogen-bond donors (Lipinski definition) is 0. The van der Waals surface area contributed by atoms with Gasteiger partial charge in [-0.05, 0) is 12.1 Å². The molecular weight excluding hydrogens is 372 g/mol. The molecule has 0 fully saturated rings. The Labute approximate surface area is 155 Å². The van der Waals surface area contributed by atoms with Crippen molar-refractivity contribution in [2.75, 3.05) is 6.16 Å². The summed E-state index contributed by atoms with van der Waals surface area (Å²) in [5.74, 6) is -0.586. The number of halogens is 3. The van der Waals surface area contributed by atoms with Crippen LogP contribution in [0.5, 0.6) is 0 Å². The van der Waals surface area contributed by atoms with Crippen molar-refractivity contribution in [3.63, 3.8) is 0 Å². The molecule has 0 N–H and O–H groups in total. The van der Waals surface area contributed by atoms with Crippen LogP contribution in [0.4, 0.5) is 13.2 Å². The van der Waals surface area contributed by atoms with E-state index in [2.05, 4.69) is 0 Å². The molecule has 0 saturated heterocycles. The van der Waals surface area contributed by atoms with Crippen LogP contribution < -0.4 is 10.6 Å². The van der Waals surface area contributed by atoms with Gasteiger partial charge in [0, 0.05) is 16.2 Å². The third-order valence-electron chi connectivity index (χ3n) is 4.22. The van der Waals surface area contributed by atoms with E-state index in [9.17, 15) is 22.5 Å². The summed E-state index contributed by atoms with van der Waals surface area (Å²) in [6, 6.07) is 21.3. The second-order valence-corrected chi connectivity index (χ2v) is 8.90. The van der Waals surface area contributed by atoms with Gasteiger partial charge in [0.2, 0.25) is 0 Å². The van der Waals surface area contributed by atoms with Crippen LogP contribution >= 0.6 is 7.14 Å². The van der Waals surface area contributed by atoms with Gasteiger partial charge in [0.05, 0.1) is 11.7 Å². The van der Waals surface area contributed by atoms with Crippen LogP contribution in [0.2, 0.25) is 0 Å². The van der Waals surface area contributed by atoms with E-state index in [1.807, 2.05) is 0 Å². The molecule has 0 saturated carbocycles. The smallest absolute Gasteiger partial charge is 0.313 e. The molecule has 2 nitrogen and oxygen atoms in total. The fourth-order valence-corrected chi connectivity index (χ4v) is 5.39. The number of ketones is 1. The summed E-state index contributed by atoms with van der Waals surface area (Å²) in [7, 11) is -3.33. The largest absolute Gasteiger partial charge is 0.416 e. The molecule has 138 valence electrons. The quantitative estimate of drug-likeness (QED) is 0.460. The summed E-state index contributed by atoms with van der Waals surface area (Å²) in [5, 5.41) is 0.994. The molecule has 0 spiro atoms. The fourth-order valence-electron chi connectivity index (χ4n) is 2.83. The molecule has 0 aliphatic carbocycles. The normalized spacial score (nSPS) is 12.0. The number of rotatable bonds is 5. The molecule has 0 amide bonds. The number of alkyl halides is 3. The fraction of sp³-hybridized carbons (Fsp3) is 0.0952. The Hall–Kier alpha value is -2.65. The molecule has 27 heavy (non-hydrogen) atoms. The maximum absolute atomic E-state index is 13.8. The SMILES string of the molecule is O=C(CP(=O)(c1ccccc1)c1ccccc1)c1cccc(C(F)(F)F)c1. The summed E-state index contributed by atoms with van der Waals surface area (Å²) in [6.45, 7) is 0. The minimum atomic E-state index is -4.54. The molecule has 0 unspecified atom stereocenters. The van der Waals surface area contributed by atoms with E-state index in [1.54, 1.807) is 60.7 Å². The summed E-state index contributed by atoms with van der Waals surface area (Å²) < 4.78 is 52.6. The second kappa shape index (κ2) is 7.53. The highest BCUT2D eigenvalue weighted by molar-refractivity contribution is 7.79. The van der Waals surface area contributed by atoms with Crippen molar-refractivity contribution in [2.24, 2.45) is 0 Å². The first-order valence-corrected chi connectivity index (χ1v) is 10.1. The average Bonchev–Trinajstić information content (AvgIpc) is 2.68. The van der Waals surface area contributed by atoms with Gasteiger partial charge in [0.15, 0.2) is 12.9 Å². The van der Waals surface area contributed by atoms with Crippen LogP contribution in [0.25, 0.3) is 0 Å². The maximum atomic E-state index is 13.8. The minimum absolute atomic E-state index is 0.100. The van der Waals surface area contributed by atoms with Crippen molar-refractivity contribution in [3.05, 3.63) is 96.1 Å². The van der Waals surface area contributed by atoms with Gasteiger partial charge < -0.3 is 4.57 Å². The van der Waals surface area contributed by atoms with Crippen LogP contribution in [-0.2, 0) is 10.7 Å². The highest BCUT2D eigenvalue weighted by Crippen LogP contribution is 2.44. The van der Waals surface area contributed by atoms with E-state index >= 15 is 0 Å². The van der Waals surface area contributed by atoms with E-state index in [0.717, 1.165) is 12.1 Å². The molecule has 0 atom stereocenters. The number of hydrogen-bond acceptors (Lipinski definition) is 2. The van der Waals surface area contributed by atoms with Gasteiger partial charge in [-0.25, -0.2) is 0 Å². The van der Waals surface area contributed by atoms with Crippen molar-refractivity contribution in [3.8, 4) is 0 Å². The molecule has 0 radical (unpaired) electrons. The van der Waals surface area contributed by atoms with E-state index in [4.69, 9.17) is 0 Å². The number of Topliss-reactive ketones (excluding diaryl/α,β-unsaturated/α-hetero) is 1. The lowest BCUT2D eigenvalue weighted by Crippen LogP contribution is -2.22. The van der Waals surface area contributed by atoms with Gasteiger partial charge >= 0.3 is 6.18 Å². The Balaban J connectivity index is 2.01. The lowest BCUT2D eigenvalue weighted by molar-refractivity contribution is -0.137. The first-order valence-electron chi connectivity index (χ1n) is 8.21. The van der Waals surface area contributed by atoms with Gasteiger partial charge in [0.25, 0.3) is 0 Å². The lowest BCUT2D eigenvalue weighted by Gasteiger charge is -2.19. The number of benzene rings is 3. The Kier molecular flexibility index (Phi) is 5.33. The van der Waals surface area contributed by atoms with E-state index < -0.39 is 24.7 Å². The Morgan fingerprint density at radius 3 is 1.78 bits per heavy atom. The van der Waals surface area contributed by atoms with E-state index in [1.165, 1.54) is 12.1 Å². The predicted molar refractivity (Wildman–Crippen MR) is 100 cm³/mol. The average molecular weight is 388 g/mol. The Bertz CT molecular complexity index is 940. The molecule has 0 bridgehead atoms. The van der Waals surface area contributed by atoms with Crippen molar-refractivity contribution in [1.29, 1.82) is 0 Å². The molecule has 0 aromatic heterocycles. The van der Waals surface area contributed by atoms with Gasteiger partial charge in [-0.2, -0.15) is 13.2 Å². The van der Waals surface area contributed by atoms with Crippen LogP contribution in [0.15, 0.2) is 84.9 Å². The van der Waals surface area contributed by atoms with Gasteiger partial charge in [-0.15, -0.1) is 0 Å².